The second-order valence-corrected chi connectivity index (χ2v) is 7.84. The molecule has 8 unspecified atom stereocenters. The number of ether oxygens (including phenoxy) is 2. The standard InChI is InChI=1S/C16H24O8/c1-15(2)6-4-5-16(15,3)12(20)10(6)23-14(22)11-8(18)7(17)9(19)13(21)24-11/h6-11,13,17-19,21H,4-5H2,1-3H3. The molecule has 1 heterocycles. The molecule has 1 aliphatic heterocycles. The lowest BCUT2D eigenvalue weighted by Gasteiger charge is -2.37. The van der Waals surface area contributed by atoms with Crippen LogP contribution in [0.2, 0.25) is 0 Å². The summed E-state index contributed by atoms with van der Waals surface area (Å²) >= 11 is 0. The predicted octanol–water partition coefficient (Wildman–Crippen LogP) is -1.28. The molecule has 1 saturated heterocycles. The number of rotatable bonds is 2. The van der Waals surface area contributed by atoms with Gasteiger partial charge >= 0.3 is 5.97 Å². The van der Waals surface area contributed by atoms with Crippen molar-refractivity contribution in [3.63, 3.8) is 0 Å². The molecule has 8 nitrogen and oxygen atoms in total. The minimum absolute atomic E-state index is 0.125. The number of carbonyl (C=O) groups is 2. The van der Waals surface area contributed by atoms with Crippen molar-refractivity contribution < 1.29 is 39.5 Å². The molecule has 3 rings (SSSR count). The molecule has 8 heteroatoms. The van der Waals surface area contributed by atoms with E-state index in [1.807, 2.05) is 20.8 Å². The Kier molecular flexibility index (Phi) is 4.05. The van der Waals surface area contributed by atoms with E-state index in [1.165, 1.54) is 0 Å². The molecular weight excluding hydrogens is 320 g/mol. The van der Waals surface area contributed by atoms with E-state index < -0.39 is 48.2 Å². The number of esters is 1. The summed E-state index contributed by atoms with van der Waals surface area (Å²) in [6.45, 7) is 5.83. The molecule has 0 amide bonds. The first-order valence-corrected chi connectivity index (χ1v) is 8.15. The van der Waals surface area contributed by atoms with Crippen molar-refractivity contribution in [1.82, 2.24) is 0 Å². The quantitative estimate of drug-likeness (QED) is 0.455. The maximum absolute atomic E-state index is 12.7. The lowest BCUT2D eigenvalue weighted by molar-refractivity contribution is -0.282. The van der Waals surface area contributed by atoms with Crippen molar-refractivity contribution >= 4 is 11.8 Å². The molecule has 136 valence electrons. The van der Waals surface area contributed by atoms with Crippen molar-refractivity contribution in [2.75, 3.05) is 0 Å². The van der Waals surface area contributed by atoms with Gasteiger partial charge in [-0.1, -0.05) is 20.8 Å². The van der Waals surface area contributed by atoms with Gasteiger partial charge in [-0.2, -0.15) is 0 Å². The summed E-state index contributed by atoms with van der Waals surface area (Å²) in [5.74, 6) is -1.30. The zero-order valence-corrected chi connectivity index (χ0v) is 13.9. The Balaban J connectivity index is 1.75. The number of aliphatic hydroxyl groups excluding tert-OH is 4. The van der Waals surface area contributed by atoms with Crippen LogP contribution in [0.15, 0.2) is 0 Å². The van der Waals surface area contributed by atoms with Crippen LogP contribution in [-0.2, 0) is 19.1 Å². The molecule has 0 radical (unpaired) electrons. The number of hydrogen-bond acceptors (Lipinski definition) is 8. The SMILES string of the molecule is CC12CCC(C(OC(=O)C3OC(O)C(O)C(O)C3O)C1=O)C2(C)C. The highest BCUT2D eigenvalue weighted by Gasteiger charge is 2.68. The van der Waals surface area contributed by atoms with Crippen molar-refractivity contribution in [2.45, 2.75) is 70.4 Å². The smallest absolute Gasteiger partial charge is 0.338 e. The van der Waals surface area contributed by atoms with Gasteiger partial charge in [0.1, 0.15) is 18.3 Å². The molecule has 3 aliphatic rings. The second-order valence-electron chi connectivity index (χ2n) is 7.84. The maximum Gasteiger partial charge on any atom is 0.338 e. The van der Waals surface area contributed by atoms with E-state index in [4.69, 9.17) is 9.47 Å². The van der Waals surface area contributed by atoms with Gasteiger partial charge in [0.05, 0.1) is 0 Å². The number of Topliss-reactive ketones (excluding diaryl/α,β-unsaturated/α-hetero) is 1. The first-order chi connectivity index (χ1) is 11.0. The molecule has 0 spiro atoms. The summed E-state index contributed by atoms with van der Waals surface area (Å²) in [5.41, 5.74) is -0.875. The normalized spacial score (nSPS) is 50.1. The van der Waals surface area contributed by atoms with Crippen LogP contribution in [0.1, 0.15) is 33.6 Å². The molecule has 0 aromatic heterocycles. The van der Waals surface area contributed by atoms with E-state index in [2.05, 4.69) is 0 Å². The summed E-state index contributed by atoms with van der Waals surface area (Å²) in [5, 5.41) is 38.5. The minimum Gasteiger partial charge on any atom is -0.452 e. The average Bonchev–Trinajstić information content (AvgIpc) is 2.82. The van der Waals surface area contributed by atoms with Crippen LogP contribution in [0.5, 0.6) is 0 Å². The van der Waals surface area contributed by atoms with E-state index in [0.717, 1.165) is 12.8 Å². The van der Waals surface area contributed by atoms with Gasteiger partial charge in [-0.15, -0.1) is 0 Å². The number of ketones is 1. The summed E-state index contributed by atoms with van der Waals surface area (Å²) < 4.78 is 10.2. The lowest BCUT2D eigenvalue weighted by Crippen LogP contribution is -2.60. The largest absolute Gasteiger partial charge is 0.452 e. The Morgan fingerprint density at radius 1 is 1.12 bits per heavy atom. The maximum atomic E-state index is 12.7. The van der Waals surface area contributed by atoms with Gasteiger partial charge in [-0.3, -0.25) is 4.79 Å². The summed E-state index contributed by atoms with van der Waals surface area (Å²) in [6, 6.07) is 0. The Bertz CT molecular complexity index is 560. The Hall–Kier alpha value is -1.06. The first kappa shape index (κ1) is 17.8. The third-order valence-electron chi connectivity index (χ3n) is 6.54. The van der Waals surface area contributed by atoms with Crippen molar-refractivity contribution in [3.05, 3.63) is 0 Å². The van der Waals surface area contributed by atoms with Gasteiger partial charge in [-0.25, -0.2) is 4.79 Å². The van der Waals surface area contributed by atoms with Crippen LogP contribution in [0, 0.1) is 16.7 Å². The van der Waals surface area contributed by atoms with Crippen LogP contribution < -0.4 is 0 Å². The first-order valence-electron chi connectivity index (χ1n) is 8.15. The topological polar surface area (TPSA) is 134 Å². The average molecular weight is 344 g/mol. The molecule has 2 saturated carbocycles. The molecule has 0 aromatic rings. The fourth-order valence-corrected chi connectivity index (χ4v) is 4.39. The van der Waals surface area contributed by atoms with Crippen LogP contribution in [0.4, 0.5) is 0 Å². The van der Waals surface area contributed by atoms with Gasteiger partial charge < -0.3 is 29.9 Å². The van der Waals surface area contributed by atoms with E-state index >= 15 is 0 Å². The van der Waals surface area contributed by atoms with Crippen molar-refractivity contribution in [1.29, 1.82) is 0 Å². The van der Waals surface area contributed by atoms with Crippen LogP contribution in [0.25, 0.3) is 0 Å². The molecule has 3 fully saturated rings. The van der Waals surface area contributed by atoms with Crippen LogP contribution >= 0.6 is 0 Å². The van der Waals surface area contributed by atoms with Crippen LogP contribution in [0.3, 0.4) is 0 Å². The zero-order valence-electron chi connectivity index (χ0n) is 13.9. The monoisotopic (exact) mass is 344 g/mol. The zero-order chi connectivity index (χ0) is 18.0. The predicted molar refractivity (Wildman–Crippen MR) is 78.4 cm³/mol. The van der Waals surface area contributed by atoms with Gasteiger partial charge in [0.2, 0.25) is 0 Å². The van der Waals surface area contributed by atoms with E-state index in [1.54, 1.807) is 0 Å². The number of aliphatic hydroxyl groups is 4. The fraction of sp³-hybridized carbons (Fsp3) is 0.875. The Morgan fingerprint density at radius 3 is 2.29 bits per heavy atom. The highest BCUT2D eigenvalue weighted by Crippen LogP contribution is 2.64. The van der Waals surface area contributed by atoms with Gasteiger partial charge in [-0.05, 0) is 18.3 Å². The minimum atomic E-state index is -1.83. The molecule has 8 atom stereocenters. The van der Waals surface area contributed by atoms with Gasteiger partial charge in [0.15, 0.2) is 24.3 Å². The summed E-state index contributed by atoms with van der Waals surface area (Å²) in [4.78, 5) is 25.0. The fourth-order valence-electron chi connectivity index (χ4n) is 4.39. The molecule has 2 aliphatic carbocycles. The highest BCUT2D eigenvalue weighted by molar-refractivity contribution is 5.95. The molecule has 0 aromatic carbocycles. The molecule has 24 heavy (non-hydrogen) atoms. The van der Waals surface area contributed by atoms with E-state index in [9.17, 15) is 30.0 Å². The van der Waals surface area contributed by atoms with Crippen molar-refractivity contribution in [3.8, 4) is 0 Å². The molecular formula is C16H24O8. The number of fused-ring (bicyclic) bond motifs is 2. The molecule has 4 N–H and O–H groups in total. The second kappa shape index (κ2) is 5.47. The summed E-state index contributed by atoms with van der Waals surface area (Å²) in [7, 11) is 0. The summed E-state index contributed by atoms with van der Waals surface area (Å²) in [6.07, 6.45) is -8.17. The van der Waals surface area contributed by atoms with Crippen LogP contribution in [-0.4, -0.2) is 69.0 Å². The Labute approximate surface area is 139 Å². The highest BCUT2D eigenvalue weighted by atomic mass is 16.7. The lowest BCUT2D eigenvalue weighted by atomic mass is 9.70. The third-order valence-corrected chi connectivity index (χ3v) is 6.54. The van der Waals surface area contributed by atoms with E-state index in [0.29, 0.717) is 0 Å². The van der Waals surface area contributed by atoms with Gasteiger partial charge in [0, 0.05) is 11.3 Å². The van der Waals surface area contributed by atoms with Gasteiger partial charge in [0.25, 0.3) is 0 Å². The number of hydrogen-bond donors (Lipinski definition) is 4. The van der Waals surface area contributed by atoms with E-state index in [-0.39, 0.29) is 17.1 Å². The number of carbonyl (C=O) groups excluding carboxylic acids is 2. The Morgan fingerprint density at radius 2 is 1.75 bits per heavy atom. The molecule has 2 bridgehead atoms. The van der Waals surface area contributed by atoms with Crippen molar-refractivity contribution in [2.24, 2.45) is 16.7 Å². The third kappa shape index (κ3) is 2.17.